The summed E-state index contributed by atoms with van der Waals surface area (Å²) < 4.78 is 0. The first kappa shape index (κ1) is 10.8. The highest BCUT2D eigenvalue weighted by Gasteiger charge is 2.32. The zero-order valence-corrected chi connectivity index (χ0v) is 10.3. The van der Waals surface area contributed by atoms with E-state index in [1.54, 1.807) is 0 Å². The van der Waals surface area contributed by atoms with Crippen molar-refractivity contribution in [2.75, 3.05) is 6.54 Å². The molecule has 2 rings (SSSR count). The monoisotopic (exact) mass is 213 g/mol. The van der Waals surface area contributed by atoms with Crippen LogP contribution in [0.4, 0.5) is 0 Å². The Morgan fingerprint density at radius 1 is 1.29 bits per heavy atom. The topological polar surface area (TPSA) is 12.0 Å². The van der Waals surface area contributed by atoms with Crippen molar-refractivity contribution in [3.8, 4) is 0 Å². The van der Waals surface area contributed by atoms with Crippen molar-refractivity contribution in [3.63, 3.8) is 0 Å². The van der Waals surface area contributed by atoms with E-state index in [2.05, 4.69) is 30.9 Å². The molecule has 1 heterocycles. The Kier molecular flexibility index (Phi) is 3.78. The highest BCUT2D eigenvalue weighted by Crippen LogP contribution is 2.37. The van der Waals surface area contributed by atoms with E-state index >= 15 is 0 Å². The van der Waals surface area contributed by atoms with Gasteiger partial charge in [-0.15, -0.1) is 0 Å². The van der Waals surface area contributed by atoms with Gasteiger partial charge in [0.1, 0.15) is 0 Å². The fourth-order valence-corrected chi connectivity index (χ4v) is 4.46. The number of hydrogen-bond donors (Lipinski definition) is 1. The van der Waals surface area contributed by atoms with E-state index in [0.717, 1.165) is 22.5 Å². The molecule has 0 bridgehead atoms. The van der Waals surface area contributed by atoms with Crippen molar-refractivity contribution in [3.05, 3.63) is 0 Å². The van der Waals surface area contributed by atoms with E-state index in [9.17, 15) is 0 Å². The largest absolute Gasteiger partial charge is 0.313 e. The molecule has 0 amide bonds. The molecule has 0 aromatic rings. The van der Waals surface area contributed by atoms with E-state index in [1.807, 2.05) is 0 Å². The van der Waals surface area contributed by atoms with Gasteiger partial charge in [0.05, 0.1) is 0 Å². The quantitative estimate of drug-likeness (QED) is 0.718. The molecular formula is C12H23NS. The summed E-state index contributed by atoms with van der Waals surface area (Å²) in [5.74, 6) is 1.01. The molecule has 1 saturated heterocycles. The first-order valence-corrected chi connectivity index (χ1v) is 7.12. The third-order valence-corrected chi connectivity index (χ3v) is 5.41. The Hall–Kier alpha value is 0.310. The third-order valence-electron chi connectivity index (χ3n) is 3.84. The maximum absolute atomic E-state index is 3.74. The van der Waals surface area contributed by atoms with Crippen molar-refractivity contribution in [1.82, 2.24) is 5.32 Å². The second kappa shape index (κ2) is 4.89. The van der Waals surface area contributed by atoms with Gasteiger partial charge in [-0.2, -0.15) is 11.8 Å². The van der Waals surface area contributed by atoms with Gasteiger partial charge < -0.3 is 5.32 Å². The Labute approximate surface area is 92.4 Å². The molecule has 1 aliphatic carbocycles. The molecule has 0 aromatic heterocycles. The minimum absolute atomic E-state index is 0.827. The lowest BCUT2D eigenvalue weighted by Crippen LogP contribution is -2.41. The van der Waals surface area contributed by atoms with Crippen molar-refractivity contribution >= 4 is 11.8 Å². The second-order valence-corrected chi connectivity index (χ2v) is 6.60. The van der Waals surface area contributed by atoms with Gasteiger partial charge in [-0.1, -0.05) is 20.3 Å². The lowest BCUT2D eigenvalue weighted by atomic mass is 9.84. The fraction of sp³-hybridized carbons (Fsp3) is 1.00. The van der Waals surface area contributed by atoms with Crippen LogP contribution in [0.3, 0.4) is 0 Å². The zero-order valence-electron chi connectivity index (χ0n) is 9.46. The van der Waals surface area contributed by atoms with Gasteiger partial charge in [0.2, 0.25) is 0 Å². The number of fused-ring (bicyclic) bond motifs is 1. The molecule has 0 aromatic carbocycles. The molecule has 82 valence electrons. The Balaban J connectivity index is 1.95. The van der Waals surface area contributed by atoms with Gasteiger partial charge in [0.25, 0.3) is 0 Å². The van der Waals surface area contributed by atoms with E-state index in [0.29, 0.717) is 0 Å². The van der Waals surface area contributed by atoms with Crippen LogP contribution in [0.25, 0.3) is 0 Å². The van der Waals surface area contributed by atoms with Crippen LogP contribution < -0.4 is 5.32 Å². The van der Waals surface area contributed by atoms with Gasteiger partial charge in [0, 0.05) is 16.5 Å². The van der Waals surface area contributed by atoms with Gasteiger partial charge in [-0.25, -0.2) is 0 Å². The van der Waals surface area contributed by atoms with Crippen LogP contribution in [-0.2, 0) is 0 Å². The molecule has 0 radical (unpaired) electrons. The third kappa shape index (κ3) is 2.46. The molecule has 2 fully saturated rings. The van der Waals surface area contributed by atoms with E-state index in [-0.39, 0.29) is 0 Å². The van der Waals surface area contributed by atoms with E-state index < -0.39 is 0 Å². The van der Waals surface area contributed by atoms with Crippen LogP contribution in [0.2, 0.25) is 0 Å². The molecular weight excluding hydrogens is 190 g/mol. The van der Waals surface area contributed by atoms with Crippen LogP contribution >= 0.6 is 11.8 Å². The normalized spacial score (nSPS) is 44.1. The maximum atomic E-state index is 3.74. The second-order valence-electron chi connectivity index (χ2n) is 4.92. The number of thioether (sulfide) groups is 1. The number of rotatable bonds is 1. The SMILES string of the molecule is CCC1CCC2NCCC(C)SC2C1. The summed E-state index contributed by atoms with van der Waals surface area (Å²) in [5, 5.41) is 5.51. The first-order chi connectivity index (χ1) is 6.79. The summed E-state index contributed by atoms with van der Waals surface area (Å²) >= 11 is 2.25. The average molecular weight is 213 g/mol. The lowest BCUT2D eigenvalue weighted by Gasteiger charge is -2.35. The summed E-state index contributed by atoms with van der Waals surface area (Å²) in [4.78, 5) is 0. The van der Waals surface area contributed by atoms with Gasteiger partial charge in [-0.3, -0.25) is 0 Å². The Bertz CT molecular complexity index is 183. The van der Waals surface area contributed by atoms with E-state index in [4.69, 9.17) is 0 Å². The highest BCUT2D eigenvalue weighted by molar-refractivity contribution is 8.00. The minimum atomic E-state index is 0.827. The fourth-order valence-electron chi connectivity index (χ4n) is 2.80. The van der Waals surface area contributed by atoms with Crippen LogP contribution in [0.15, 0.2) is 0 Å². The van der Waals surface area contributed by atoms with Crippen molar-refractivity contribution in [2.45, 2.75) is 62.5 Å². The molecule has 2 aliphatic rings. The molecule has 1 aliphatic heterocycles. The predicted octanol–water partition coefficient (Wildman–Crippen LogP) is 3.05. The molecule has 4 atom stereocenters. The summed E-state index contributed by atoms with van der Waals surface area (Å²) in [5.41, 5.74) is 0. The standard InChI is InChI=1S/C12H23NS/c1-3-10-4-5-11-12(8-10)14-9(2)6-7-13-11/h9-13H,3-8H2,1-2H3. The van der Waals surface area contributed by atoms with Gasteiger partial charge >= 0.3 is 0 Å². The highest BCUT2D eigenvalue weighted by atomic mass is 32.2. The summed E-state index contributed by atoms with van der Waals surface area (Å²) in [6, 6.07) is 0.827. The number of hydrogen-bond acceptors (Lipinski definition) is 2. The molecule has 0 spiro atoms. The zero-order chi connectivity index (χ0) is 9.97. The Morgan fingerprint density at radius 2 is 2.14 bits per heavy atom. The lowest BCUT2D eigenvalue weighted by molar-refractivity contribution is 0.298. The summed E-state index contributed by atoms with van der Waals surface area (Å²) in [7, 11) is 0. The maximum Gasteiger partial charge on any atom is 0.0206 e. The van der Waals surface area contributed by atoms with Crippen molar-refractivity contribution in [2.24, 2.45) is 5.92 Å². The first-order valence-electron chi connectivity index (χ1n) is 6.18. The van der Waals surface area contributed by atoms with Crippen molar-refractivity contribution < 1.29 is 0 Å². The molecule has 1 saturated carbocycles. The molecule has 14 heavy (non-hydrogen) atoms. The number of nitrogens with one attached hydrogen (secondary N) is 1. The minimum Gasteiger partial charge on any atom is -0.313 e. The van der Waals surface area contributed by atoms with Gasteiger partial charge in [-0.05, 0) is 38.1 Å². The summed E-state index contributed by atoms with van der Waals surface area (Å²) in [6.45, 7) is 5.99. The molecule has 1 nitrogen and oxygen atoms in total. The molecule has 2 heteroatoms. The smallest absolute Gasteiger partial charge is 0.0206 e. The predicted molar refractivity (Wildman–Crippen MR) is 64.9 cm³/mol. The van der Waals surface area contributed by atoms with Crippen LogP contribution in [0.1, 0.15) is 46.0 Å². The summed E-state index contributed by atoms with van der Waals surface area (Å²) in [6.07, 6.45) is 7.08. The average Bonchev–Trinajstić information content (AvgIpc) is 2.37. The van der Waals surface area contributed by atoms with Crippen LogP contribution in [0, 0.1) is 5.92 Å². The van der Waals surface area contributed by atoms with Crippen molar-refractivity contribution in [1.29, 1.82) is 0 Å². The molecule has 4 unspecified atom stereocenters. The Morgan fingerprint density at radius 3 is 2.93 bits per heavy atom. The van der Waals surface area contributed by atoms with E-state index in [1.165, 1.54) is 38.6 Å². The van der Waals surface area contributed by atoms with Gasteiger partial charge in [0.15, 0.2) is 0 Å². The van der Waals surface area contributed by atoms with Crippen LogP contribution in [0.5, 0.6) is 0 Å². The molecule has 1 N–H and O–H groups in total. The van der Waals surface area contributed by atoms with Crippen LogP contribution in [-0.4, -0.2) is 23.1 Å².